The molecule has 0 radical (unpaired) electrons. The van der Waals surface area contributed by atoms with Gasteiger partial charge < -0.3 is 10.5 Å². The van der Waals surface area contributed by atoms with Gasteiger partial charge in [-0.05, 0) is 34.7 Å². The summed E-state index contributed by atoms with van der Waals surface area (Å²) in [5.41, 5.74) is 6.27. The summed E-state index contributed by atoms with van der Waals surface area (Å²) in [4.78, 5) is 0. The molecule has 0 fully saturated rings. The number of benzene rings is 1. The minimum absolute atomic E-state index is 0.631. The zero-order chi connectivity index (χ0) is 7.40. The summed E-state index contributed by atoms with van der Waals surface area (Å²) in [6, 6.07) is 7.46. The summed E-state index contributed by atoms with van der Waals surface area (Å²) in [6.07, 6.45) is 0. The van der Waals surface area contributed by atoms with Crippen molar-refractivity contribution in [3.63, 3.8) is 0 Å². The second-order valence-electron chi connectivity index (χ2n) is 1.79. The highest BCUT2D eigenvalue weighted by molar-refractivity contribution is 14.1. The summed E-state index contributed by atoms with van der Waals surface area (Å²) in [6.45, 7) is 0. The number of hydrogen-bond acceptors (Lipinski definition) is 2. The van der Waals surface area contributed by atoms with Crippen molar-refractivity contribution in [2.45, 2.75) is 0 Å². The Morgan fingerprint density at radius 1 is 1.40 bits per heavy atom. The molecule has 2 nitrogen and oxygen atoms in total. The third kappa shape index (κ3) is 1.76. The monoisotopic (exact) mass is 249 g/mol. The molecule has 1 rings (SSSR count). The number of nitrogen functional groups attached to an aromatic ring is 1. The molecule has 0 saturated carbocycles. The van der Waals surface area contributed by atoms with Gasteiger partial charge in [0.1, 0.15) is 10.4 Å². The van der Waals surface area contributed by atoms with E-state index in [2.05, 4.69) is 22.6 Å². The Balaban J connectivity index is 2.81. The molecular formula is C7H8INO. The Bertz CT molecular complexity index is 215. The molecular weight excluding hydrogens is 241 g/mol. The first kappa shape index (κ1) is 7.65. The van der Waals surface area contributed by atoms with Crippen LogP contribution in [0.4, 0.5) is 5.69 Å². The van der Waals surface area contributed by atoms with E-state index in [0.717, 1.165) is 5.75 Å². The highest BCUT2D eigenvalue weighted by Crippen LogP contribution is 2.19. The van der Waals surface area contributed by atoms with Gasteiger partial charge in [-0.3, -0.25) is 0 Å². The van der Waals surface area contributed by atoms with Crippen molar-refractivity contribution in [2.75, 3.05) is 10.3 Å². The quantitative estimate of drug-likeness (QED) is 0.494. The van der Waals surface area contributed by atoms with Gasteiger partial charge >= 0.3 is 0 Å². The maximum atomic E-state index is 5.58. The predicted octanol–water partition coefficient (Wildman–Crippen LogP) is 2.04. The smallest absolute Gasteiger partial charge is 0.143 e. The summed E-state index contributed by atoms with van der Waals surface area (Å²) in [5.74, 6) is 0.761. The van der Waals surface area contributed by atoms with Gasteiger partial charge in [0.05, 0.1) is 5.69 Å². The van der Waals surface area contributed by atoms with Crippen LogP contribution in [0.1, 0.15) is 0 Å². The third-order valence-electron chi connectivity index (χ3n) is 1.13. The van der Waals surface area contributed by atoms with E-state index in [4.69, 9.17) is 10.5 Å². The minimum Gasteiger partial charge on any atom is -0.481 e. The van der Waals surface area contributed by atoms with Crippen LogP contribution in [0.15, 0.2) is 24.3 Å². The highest BCUT2D eigenvalue weighted by atomic mass is 127. The standard InChI is InChI=1S/C7H8INO/c8-5-10-7-4-2-1-3-6(7)9/h1-4H,5,9H2. The van der Waals surface area contributed by atoms with Gasteiger partial charge in [-0.25, -0.2) is 0 Å². The van der Waals surface area contributed by atoms with Crippen LogP contribution < -0.4 is 10.5 Å². The zero-order valence-corrected chi connectivity index (χ0v) is 7.54. The Morgan fingerprint density at radius 2 is 2.10 bits per heavy atom. The van der Waals surface area contributed by atoms with Crippen molar-refractivity contribution in [3.05, 3.63) is 24.3 Å². The predicted molar refractivity (Wildman–Crippen MR) is 50.4 cm³/mol. The normalized spacial score (nSPS) is 9.30. The van der Waals surface area contributed by atoms with Gasteiger partial charge in [0.15, 0.2) is 0 Å². The number of ether oxygens (including phenoxy) is 1. The molecule has 54 valence electrons. The van der Waals surface area contributed by atoms with E-state index >= 15 is 0 Å². The SMILES string of the molecule is Nc1ccccc1OCI. The van der Waals surface area contributed by atoms with Crippen molar-refractivity contribution in [1.82, 2.24) is 0 Å². The fourth-order valence-corrected chi connectivity index (χ4v) is 1.01. The molecule has 0 unspecified atom stereocenters. The van der Waals surface area contributed by atoms with Crippen LogP contribution in [-0.2, 0) is 0 Å². The van der Waals surface area contributed by atoms with Gasteiger partial charge in [0.25, 0.3) is 0 Å². The number of halogens is 1. The van der Waals surface area contributed by atoms with E-state index in [1.807, 2.05) is 24.3 Å². The van der Waals surface area contributed by atoms with Crippen LogP contribution in [0.5, 0.6) is 5.75 Å². The van der Waals surface area contributed by atoms with Crippen molar-refractivity contribution >= 4 is 28.3 Å². The molecule has 3 heteroatoms. The lowest BCUT2D eigenvalue weighted by Crippen LogP contribution is -1.93. The van der Waals surface area contributed by atoms with Crippen LogP contribution in [0.25, 0.3) is 0 Å². The molecule has 0 saturated heterocycles. The van der Waals surface area contributed by atoms with Crippen LogP contribution in [0.3, 0.4) is 0 Å². The third-order valence-corrected chi connectivity index (χ3v) is 1.44. The summed E-state index contributed by atoms with van der Waals surface area (Å²) >= 11 is 2.13. The molecule has 10 heavy (non-hydrogen) atoms. The largest absolute Gasteiger partial charge is 0.481 e. The first-order valence-corrected chi connectivity index (χ1v) is 4.40. The highest BCUT2D eigenvalue weighted by Gasteiger charge is 1.94. The van der Waals surface area contributed by atoms with Gasteiger partial charge in [-0.2, -0.15) is 0 Å². The number of hydrogen-bond donors (Lipinski definition) is 1. The zero-order valence-electron chi connectivity index (χ0n) is 5.38. The molecule has 1 aromatic rings. The van der Waals surface area contributed by atoms with E-state index in [0.29, 0.717) is 10.3 Å². The van der Waals surface area contributed by atoms with Crippen LogP contribution in [-0.4, -0.2) is 4.61 Å². The Labute approximate surface area is 73.5 Å². The lowest BCUT2D eigenvalue weighted by Gasteiger charge is -2.03. The maximum absolute atomic E-state index is 5.58. The van der Waals surface area contributed by atoms with E-state index in [9.17, 15) is 0 Å². The number of alkyl halides is 1. The first-order chi connectivity index (χ1) is 4.84. The summed E-state index contributed by atoms with van der Waals surface area (Å²) in [5, 5.41) is 0. The molecule has 0 heterocycles. The van der Waals surface area contributed by atoms with Crippen molar-refractivity contribution in [1.29, 1.82) is 0 Å². The number of nitrogens with two attached hydrogens (primary N) is 1. The lowest BCUT2D eigenvalue weighted by molar-refractivity contribution is 0.406. The van der Waals surface area contributed by atoms with Gasteiger partial charge in [0.2, 0.25) is 0 Å². The Morgan fingerprint density at radius 3 is 2.70 bits per heavy atom. The molecule has 0 aliphatic carbocycles. The second kappa shape index (κ2) is 3.65. The van der Waals surface area contributed by atoms with Crippen molar-refractivity contribution in [2.24, 2.45) is 0 Å². The average molecular weight is 249 g/mol. The summed E-state index contributed by atoms with van der Waals surface area (Å²) in [7, 11) is 0. The molecule has 0 atom stereocenters. The first-order valence-electron chi connectivity index (χ1n) is 2.88. The molecule has 0 aliphatic heterocycles. The van der Waals surface area contributed by atoms with Gasteiger partial charge in [-0.15, -0.1) is 0 Å². The molecule has 1 aromatic carbocycles. The molecule has 0 aliphatic rings. The van der Waals surface area contributed by atoms with E-state index < -0.39 is 0 Å². The fourth-order valence-electron chi connectivity index (χ4n) is 0.671. The minimum atomic E-state index is 0.631. The van der Waals surface area contributed by atoms with Crippen molar-refractivity contribution < 1.29 is 4.74 Å². The number of para-hydroxylation sites is 2. The number of anilines is 1. The fraction of sp³-hybridized carbons (Fsp3) is 0.143. The molecule has 0 spiro atoms. The molecule has 0 amide bonds. The van der Waals surface area contributed by atoms with Crippen LogP contribution in [0.2, 0.25) is 0 Å². The molecule has 2 N–H and O–H groups in total. The summed E-state index contributed by atoms with van der Waals surface area (Å²) < 4.78 is 5.83. The van der Waals surface area contributed by atoms with E-state index in [-0.39, 0.29) is 0 Å². The maximum Gasteiger partial charge on any atom is 0.143 e. The van der Waals surface area contributed by atoms with Crippen molar-refractivity contribution in [3.8, 4) is 5.75 Å². The lowest BCUT2D eigenvalue weighted by atomic mass is 10.3. The van der Waals surface area contributed by atoms with E-state index in [1.165, 1.54) is 0 Å². The Kier molecular flexibility index (Phi) is 2.80. The Hall–Kier alpha value is -0.450. The van der Waals surface area contributed by atoms with Crippen LogP contribution >= 0.6 is 22.6 Å². The molecule has 0 bridgehead atoms. The number of rotatable bonds is 2. The van der Waals surface area contributed by atoms with Crippen LogP contribution in [0, 0.1) is 0 Å². The second-order valence-corrected chi connectivity index (χ2v) is 2.41. The molecule has 0 aromatic heterocycles. The van der Waals surface area contributed by atoms with Gasteiger partial charge in [0, 0.05) is 0 Å². The van der Waals surface area contributed by atoms with E-state index in [1.54, 1.807) is 0 Å². The topological polar surface area (TPSA) is 35.2 Å². The van der Waals surface area contributed by atoms with Gasteiger partial charge in [-0.1, -0.05) is 12.1 Å². The average Bonchev–Trinajstić information content (AvgIpc) is 1.94.